The van der Waals surface area contributed by atoms with Gasteiger partial charge in [0.05, 0.1) is 37.5 Å². The molecule has 470 valence electrons. The van der Waals surface area contributed by atoms with Crippen molar-refractivity contribution in [3.8, 4) is 23.7 Å². The predicted molar refractivity (Wildman–Crippen MR) is 319 cm³/mol. The number of hydrogen-bond donors (Lipinski definition) is 8. The van der Waals surface area contributed by atoms with Crippen molar-refractivity contribution in [2.75, 3.05) is 39.5 Å². The highest BCUT2D eigenvalue weighted by molar-refractivity contribution is 5.96. The molecule has 2 aromatic rings. The molecule has 8 amide bonds. The summed E-state index contributed by atoms with van der Waals surface area (Å²) < 4.78 is 22.9. The van der Waals surface area contributed by atoms with Crippen LogP contribution in [0.15, 0.2) is 48.5 Å². The van der Waals surface area contributed by atoms with Gasteiger partial charge in [-0.2, -0.15) is 0 Å². The highest BCUT2D eigenvalue weighted by Gasteiger charge is 2.48. The van der Waals surface area contributed by atoms with Crippen molar-refractivity contribution < 1.29 is 67.5 Å². The summed E-state index contributed by atoms with van der Waals surface area (Å²) in [6.07, 6.45) is 1.95. The minimum absolute atomic E-state index is 0.0212. The van der Waals surface area contributed by atoms with Crippen LogP contribution in [-0.2, 0) is 60.6 Å². The van der Waals surface area contributed by atoms with Gasteiger partial charge < -0.3 is 70.9 Å². The fraction of sp³-hybridized carbons (Fsp3) is 0.625. The molecule has 0 bridgehead atoms. The van der Waals surface area contributed by atoms with E-state index in [9.17, 15) is 48.6 Å². The Kier molecular flexibility index (Phi) is 23.2. The molecule has 0 saturated carbocycles. The molecule has 1 unspecified atom stereocenters. The summed E-state index contributed by atoms with van der Waals surface area (Å²) in [6.45, 7) is 18.6. The van der Waals surface area contributed by atoms with Crippen LogP contribution in [0.3, 0.4) is 0 Å². The molecule has 0 aromatic heterocycles. The molecule has 10 atom stereocenters. The number of alkyl carbamates (subject to hydrolysis) is 2. The van der Waals surface area contributed by atoms with E-state index in [0.29, 0.717) is 12.8 Å². The number of carbonyl (C=O) groups excluding carboxylic acids is 8. The van der Waals surface area contributed by atoms with Gasteiger partial charge >= 0.3 is 12.2 Å². The summed E-state index contributed by atoms with van der Waals surface area (Å²) in [5.74, 6) is 7.71. The Morgan fingerprint density at radius 3 is 1.24 bits per heavy atom. The Balaban J connectivity index is 1.14. The van der Waals surface area contributed by atoms with Crippen LogP contribution in [0.25, 0.3) is 0 Å². The van der Waals surface area contributed by atoms with Crippen LogP contribution < -0.4 is 31.9 Å². The number of fused-ring (bicyclic) bond motifs is 2. The average molecular weight is 1200 g/mol. The Labute approximate surface area is 506 Å². The molecule has 2 aromatic carbocycles. The summed E-state index contributed by atoms with van der Waals surface area (Å²) in [7, 11) is 0. The summed E-state index contributed by atoms with van der Waals surface area (Å²) in [5, 5.41) is 36.9. The van der Waals surface area contributed by atoms with E-state index in [1.165, 1.54) is 9.80 Å². The van der Waals surface area contributed by atoms with Gasteiger partial charge in [0.15, 0.2) is 0 Å². The van der Waals surface area contributed by atoms with Gasteiger partial charge in [-0.1, -0.05) is 102 Å². The zero-order valence-corrected chi connectivity index (χ0v) is 52.0. The second-order valence-corrected chi connectivity index (χ2v) is 26.6. The van der Waals surface area contributed by atoms with Gasteiger partial charge in [-0.3, -0.25) is 28.8 Å². The van der Waals surface area contributed by atoms with E-state index in [0.717, 1.165) is 47.9 Å². The van der Waals surface area contributed by atoms with Crippen LogP contribution in [0, 0.1) is 34.5 Å². The molecule has 22 nitrogen and oxygen atoms in total. The van der Waals surface area contributed by atoms with Gasteiger partial charge in [0.25, 0.3) is 0 Å². The minimum atomic E-state index is -1.45. The summed E-state index contributed by atoms with van der Waals surface area (Å²) in [5.41, 5.74) is 0.714. The largest absolute Gasteiger partial charge is 0.444 e. The third-order valence-electron chi connectivity index (χ3n) is 15.3. The zero-order valence-electron chi connectivity index (χ0n) is 52.0. The number of hydrogen-bond acceptors (Lipinski definition) is 14. The van der Waals surface area contributed by atoms with Crippen molar-refractivity contribution in [2.45, 2.75) is 206 Å². The van der Waals surface area contributed by atoms with Gasteiger partial charge in [0.2, 0.25) is 35.4 Å². The number of aliphatic hydroxyl groups excluding tert-OH is 2. The summed E-state index contributed by atoms with van der Waals surface area (Å²) >= 11 is 0. The number of aryl methyl sites for hydroxylation is 2. The van der Waals surface area contributed by atoms with E-state index in [4.69, 9.17) is 18.9 Å². The average Bonchev–Trinajstić information content (AvgIpc) is 1.91. The topological polar surface area (TPSA) is 293 Å². The van der Waals surface area contributed by atoms with Crippen molar-refractivity contribution in [1.82, 2.24) is 41.7 Å². The maximum Gasteiger partial charge on any atom is 0.408 e. The van der Waals surface area contributed by atoms with Crippen molar-refractivity contribution in [2.24, 2.45) is 10.8 Å². The van der Waals surface area contributed by atoms with E-state index in [2.05, 4.69) is 55.6 Å². The molecular formula is C64H90N8O14. The third-order valence-corrected chi connectivity index (χ3v) is 15.3. The quantitative estimate of drug-likeness (QED) is 0.0973. The number of benzene rings is 2. The highest BCUT2D eigenvalue weighted by Crippen LogP contribution is 2.34. The van der Waals surface area contributed by atoms with Crippen molar-refractivity contribution in [1.29, 1.82) is 0 Å². The number of carbonyl (C=O) groups is 8. The van der Waals surface area contributed by atoms with Gasteiger partial charge in [0.1, 0.15) is 60.7 Å². The zero-order chi connectivity index (χ0) is 63.3. The number of ether oxygens (including phenoxy) is 4. The number of nitrogens with one attached hydrogen (secondary N) is 6. The Bertz CT molecular complexity index is 2710. The Morgan fingerprint density at radius 1 is 0.547 bits per heavy atom. The summed E-state index contributed by atoms with van der Waals surface area (Å²) in [6, 6.07) is 7.95. The lowest BCUT2D eigenvalue weighted by Gasteiger charge is -2.36. The monoisotopic (exact) mass is 1190 g/mol. The van der Waals surface area contributed by atoms with Gasteiger partial charge in [-0.05, 0) is 125 Å². The molecule has 22 heteroatoms. The smallest absolute Gasteiger partial charge is 0.408 e. The second kappa shape index (κ2) is 29.4. The molecule has 2 heterocycles. The molecule has 2 aliphatic heterocycles. The normalized spacial score (nSPS) is 21.6. The van der Waals surface area contributed by atoms with Crippen molar-refractivity contribution in [3.05, 3.63) is 70.8 Å². The molecule has 0 spiro atoms. The fourth-order valence-electron chi connectivity index (χ4n) is 11.0. The van der Waals surface area contributed by atoms with Gasteiger partial charge in [-0.15, -0.1) is 0 Å². The lowest BCUT2D eigenvalue weighted by Crippen LogP contribution is -2.61. The van der Waals surface area contributed by atoms with Crippen LogP contribution >= 0.6 is 0 Å². The predicted octanol–water partition coefficient (Wildman–Crippen LogP) is 4.19. The van der Waals surface area contributed by atoms with Crippen LogP contribution in [0.2, 0.25) is 0 Å². The molecule has 86 heavy (non-hydrogen) atoms. The van der Waals surface area contributed by atoms with Crippen LogP contribution in [0.4, 0.5) is 9.59 Å². The van der Waals surface area contributed by atoms with Crippen molar-refractivity contribution >= 4 is 47.6 Å². The summed E-state index contributed by atoms with van der Waals surface area (Å²) in [4.78, 5) is 114. The fourth-order valence-corrected chi connectivity index (χ4v) is 11.0. The first-order chi connectivity index (χ1) is 40.4. The Hall–Kier alpha value is -7.24. The molecule has 6 rings (SSSR count). The molecule has 0 radical (unpaired) electrons. The van der Waals surface area contributed by atoms with E-state index in [1.54, 1.807) is 83.1 Å². The molecular weight excluding hydrogens is 1100 g/mol. The standard InChI is InChI=1S/C64H90N8O14/c1-61(2,3)51(69-53(75)47(37-73)67-59(81)85-63(7,8)9)57(79)71-35-41(33-49(71)55(77)65-45-29-21-25-39-23-15-17-27-43(39)45)83-31-19-13-14-20-32-84-42-34-50(56(78)66-46-30-22-26-40-24-16-18-28-44(40)46)72(36-42)58(80)52(62(4,5)6)70-54(76)48(38-74)68-60(82)86-64(10,11)12/h15-18,23-24,27-28,41-42,45-52,73-74H,21-22,25-26,29-38H2,1-12H3,(H,65,77)(H,66,78)(H,67,81)(H,68,82)(H,69,75)(H,70,76)/t41-,42-,45+,46?,47-,48-,49-,50-,51+,52+/m0/s1. The highest BCUT2D eigenvalue weighted by atomic mass is 16.6. The molecule has 2 fully saturated rings. The van der Waals surface area contributed by atoms with Crippen LogP contribution in [0.5, 0.6) is 0 Å². The number of nitrogens with zero attached hydrogens (tertiary/aromatic N) is 2. The van der Waals surface area contributed by atoms with Crippen molar-refractivity contribution in [3.63, 3.8) is 0 Å². The minimum Gasteiger partial charge on any atom is -0.444 e. The second-order valence-electron chi connectivity index (χ2n) is 26.6. The van der Waals surface area contributed by atoms with Gasteiger partial charge in [-0.25, -0.2) is 9.59 Å². The lowest BCUT2D eigenvalue weighted by molar-refractivity contribution is -0.144. The lowest BCUT2D eigenvalue weighted by atomic mass is 9.85. The maximum absolute atomic E-state index is 14.8. The molecule has 2 aliphatic carbocycles. The number of amides is 8. The Morgan fingerprint density at radius 2 is 0.907 bits per heavy atom. The first-order valence-corrected chi connectivity index (χ1v) is 29.7. The molecule has 2 saturated heterocycles. The third kappa shape index (κ3) is 19.1. The molecule has 4 aliphatic rings. The maximum atomic E-state index is 14.8. The SMILES string of the molecule is CC(C)(C)OC(=O)N[C@@H](CO)C(=O)N[C@H](C(=O)N1C[C@@H](OCC#CC#CCO[C@H]2C[C@@H](C(=O)N[C@@H]3CCCc4ccccc43)N(C(=O)[C@@H](NC(=O)[C@H](CO)NC(=O)OC(C)(C)C)C(C)(C)C)C2)C[C@H]1C(=O)NC1CCCc2ccccc21)C(C)(C)C. The van der Waals surface area contributed by atoms with Crippen LogP contribution in [0.1, 0.15) is 156 Å². The van der Waals surface area contributed by atoms with Gasteiger partial charge in [0, 0.05) is 25.9 Å². The first kappa shape index (κ1) is 67.9. The number of likely N-dealkylation sites (tertiary alicyclic amines) is 2. The first-order valence-electron chi connectivity index (χ1n) is 29.7. The number of rotatable bonds is 18. The van der Waals surface area contributed by atoms with E-state index in [-0.39, 0.29) is 63.0 Å². The van der Waals surface area contributed by atoms with Crippen LogP contribution in [-0.4, -0.2) is 167 Å². The molecule has 8 N–H and O–H groups in total. The van der Waals surface area contributed by atoms with E-state index < -0.39 is 120 Å². The number of aliphatic hydroxyl groups is 2. The van der Waals surface area contributed by atoms with E-state index in [1.807, 2.05) is 48.5 Å². The van der Waals surface area contributed by atoms with E-state index >= 15 is 0 Å².